The molecule has 0 atom stereocenters. The van der Waals surface area contributed by atoms with Gasteiger partial charge in [-0.1, -0.05) is 20.8 Å². The van der Waals surface area contributed by atoms with Gasteiger partial charge in [0.1, 0.15) is 5.76 Å². The third-order valence-electron chi connectivity index (χ3n) is 3.03. The summed E-state index contributed by atoms with van der Waals surface area (Å²) in [4.78, 5) is 4.23. The van der Waals surface area contributed by atoms with Crippen LogP contribution >= 0.6 is 0 Å². The Morgan fingerprint density at radius 1 is 1.37 bits per heavy atom. The molecule has 2 aromatic heterocycles. The predicted octanol–water partition coefficient (Wildman–Crippen LogP) is 2.38. The molecule has 5 nitrogen and oxygen atoms in total. The van der Waals surface area contributed by atoms with Gasteiger partial charge in [-0.15, -0.1) is 0 Å². The first-order chi connectivity index (χ1) is 9.10. The highest BCUT2D eigenvalue weighted by Crippen LogP contribution is 2.17. The van der Waals surface area contributed by atoms with E-state index < -0.39 is 0 Å². The zero-order valence-corrected chi connectivity index (χ0v) is 12.1. The molecule has 0 unspecified atom stereocenters. The second-order valence-corrected chi connectivity index (χ2v) is 5.05. The van der Waals surface area contributed by atoms with Crippen LogP contribution in [0.4, 0.5) is 0 Å². The van der Waals surface area contributed by atoms with Crippen LogP contribution in [0.15, 0.2) is 16.8 Å². The topological polar surface area (TPSA) is 55.9 Å². The number of rotatable bonds is 6. The molecule has 0 saturated heterocycles. The van der Waals surface area contributed by atoms with Crippen molar-refractivity contribution in [2.75, 3.05) is 0 Å². The van der Waals surface area contributed by atoms with Crippen molar-refractivity contribution in [3.8, 4) is 0 Å². The lowest BCUT2D eigenvalue weighted by atomic mass is 10.1. The summed E-state index contributed by atoms with van der Waals surface area (Å²) < 4.78 is 7.43. The lowest BCUT2D eigenvalue weighted by molar-refractivity contribution is 0.438. The second-order valence-electron chi connectivity index (χ2n) is 5.05. The number of nitrogens with zero attached hydrogens (tertiary/aromatic N) is 3. The number of aromatic nitrogens is 3. The maximum Gasteiger partial charge on any atom is 0.208 e. The van der Waals surface area contributed by atoms with Gasteiger partial charge in [0.05, 0.1) is 18.4 Å². The summed E-state index contributed by atoms with van der Waals surface area (Å²) in [5.41, 5.74) is 2.39. The van der Waals surface area contributed by atoms with Crippen LogP contribution in [0.25, 0.3) is 0 Å². The Labute approximate surface area is 114 Å². The van der Waals surface area contributed by atoms with E-state index in [4.69, 9.17) is 4.42 Å². The van der Waals surface area contributed by atoms with Crippen LogP contribution in [0.5, 0.6) is 0 Å². The summed E-state index contributed by atoms with van der Waals surface area (Å²) >= 11 is 0. The van der Waals surface area contributed by atoms with Crippen molar-refractivity contribution in [3.63, 3.8) is 0 Å². The standard InChI is InChI=1S/C14H22N4O/c1-5-12-7-16-13(19-12)8-15-6-11-9-18(4)17-14(11)10(2)3/h7,9-10,15H,5-6,8H2,1-4H3. The van der Waals surface area contributed by atoms with E-state index in [0.717, 1.165) is 30.3 Å². The molecule has 0 fully saturated rings. The number of aryl methyl sites for hydroxylation is 2. The summed E-state index contributed by atoms with van der Waals surface area (Å²) in [6, 6.07) is 0. The van der Waals surface area contributed by atoms with Gasteiger partial charge in [-0.05, 0) is 5.92 Å². The minimum Gasteiger partial charge on any atom is -0.444 e. The molecule has 0 bridgehead atoms. The summed E-state index contributed by atoms with van der Waals surface area (Å²) in [6.45, 7) is 7.81. The molecule has 2 heterocycles. The molecule has 1 N–H and O–H groups in total. The molecule has 19 heavy (non-hydrogen) atoms. The van der Waals surface area contributed by atoms with Crippen LogP contribution < -0.4 is 5.32 Å². The molecule has 5 heteroatoms. The van der Waals surface area contributed by atoms with Crippen molar-refractivity contribution in [3.05, 3.63) is 35.3 Å². The van der Waals surface area contributed by atoms with Gasteiger partial charge in [-0.3, -0.25) is 4.68 Å². The van der Waals surface area contributed by atoms with Crippen LogP contribution in [0.2, 0.25) is 0 Å². The van der Waals surface area contributed by atoms with E-state index in [0.29, 0.717) is 12.5 Å². The Hall–Kier alpha value is -1.62. The zero-order valence-electron chi connectivity index (χ0n) is 12.1. The van der Waals surface area contributed by atoms with E-state index in [-0.39, 0.29) is 0 Å². The van der Waals surface area contributed by atoms with Gasteiger partial charge in [0.2, 0.25) is 5.89 Å². The maximum atomic E-state index is 5.56. The molecule has 0 aliphatic heterocycles. The molecular weight excluding hydrogens is 240 g/mol. The zero-order chi connectivity index (χ0) is 13.8. The van der Waals surface area contributed by atoms with Crippen molar-refractivity contribution in [1.82, 2.24) is 20.1 Å². The number of oxazole rings is 1. The lowest BCUT2D eigenvalue weighted by Crippen LogP contribution is -2.13. The molecule has 0 aromatic carbocycles. The normalized spacial score (nSPS) is 11.4. The Bertz CT molecular complexity index is 527. The third-order valence-corrected chi connectivity index (χ3v) is 3.03. The highest BCUT2D eigenvalue weighted by Gasteiger charge is 2.11. The average molecular weight is 262 g/mol. The van der Waals surface area contributed by atoms with Crippen molar-refractivity contribution >= 4 is 0 Å². The van der Waals surface area contributed by atoms with Gasteiger partial charge < -0.3 is 9.73 Å². The molecule has 104 valence electrons. The first kappa shape index (κ1) is 13.8. The van der Waals surface area contributed by atoms with E-state index in [2.05, 4.69) is 42.4 Å². The van der Waals surface area contributed by atoms with Crippen LogP contribution in [-0.2, 0) is 26.6 Å². The van der Waals surface area contributed by atoms with E-state index in [1.54, 1.807) is 6.20 Å². The molecular formula is C14H22N4O. The third kappa shape index (κ3) is 3.44. The predicted molar refractivity (Wildman–Crippen MR) is 73.7 cm³/mol. The number of hydrogen-bond donors (Lipinski definition) is 1. The summed E-state index contributed by atoms with van der Waals surface area (Å²) in [5.74, 6) is 2.11. The molecule has 0 spiro atoms. The van der Waals surface area contributed by atoms with Crippen LogP contribution in [0.3, 0.4) is 0 Å². The fraction of sp³-hybridized carbons (Fsp3) is 0.571. The second kappa shape index (κ2) is 6.02. The monoisotopic (exact) mass is 262 g/mol. The number of nitrogens with one attached hydrogen (secondary N) is 1. The van der Waals surface area contributed by atoms with Crippen LogP contribution in [-0.4, -0.2) is 14.8 Å². The molecule has 0 radical (unpaired) electrons. The highest BCUT2D eigenvalue weighted by molar-refractivity contribution is 5.19. The van der Waals surface area contributed by atoms with Gasteiger partial charge >= 0.3 is 0 Å². The fourth-order valence-corrected chi connectivity index (χ4v) is 2.07. The highest BCUT2D eigenvalue weighted by atomic mass is 16.4. The lowest BCUT2D eigenvalue weighted by Gasteiger charge is -2.05. The average Bonchev–Trinajstić information content (AvgIpc) is 2.96. The van der Waals surface area contributed by atoms with Gasteiger partial charge in [0, 0.05) is 31.8 Å². The summed E-state index contributed by atoms with van der Waals surface area (Å²) in [5, 5.41) is 7.85. The molecule has 0 aliphatic carbocycles. The molecule has 0 saturated carbocycles. The molecule has 2 aromatic rings. The SMILES string of the molecule is CCc1cnc(CNCc2cn(C)nc2C(C)C)o1. The fourth-order valence-electron chi connectivity index (χ4n) is 2.07. The molecule has 0 amide bonds. The molecule has 0 aliphatic rings. The van der Waals surface area contributed by atoms with Gasteiger partial charge in [0.15, 0.2) is 0 Å². The quantitative estimate of drug-likeness (QED) is 0.868. The smallest absolute Gasteiger partial charge is 0.208 e. The summed E-state index contributed by atoms with van der Waals surface area (Å²) in [7, 11) is 1.96. The summed E-state index contributed by atoms with van der Waals surface area (Å²) in [6.07, 6.45) is 4.74. The molecule has 2 rings (SSSR count). The van der Waals surface area contributed by atoms with Crippen molar-refractivity contribution in [2.45, 2.75) is 46.2 Å². The van der Waals surface area contributed by atoms with E-state index >= 15 is 0 Å². The minimum atomic E-state index is 0.437. The van der Waals surface area contributed by atoms with Crippen LogP contribution in [0, 0.1) is 0 Å². The minimum absolute atomic E-state index is 0.437. The largest absolute Gasteiger partial charge is 0.444 e. The first-order valence-corrected chi connectivity index (χ1v) is 6.76. The van der Waals surface area contributed by atoms with E-state index in [1.807, 2.05) is 11.7 Å². The Morgan fingerprint density at radius 3 is 2.79 bits per heavy atom. The van der Waals surface area contributed by atoms with Crippen molar-refractivity contribution < 1.29 is 4.42 Å². The van der Waals surface area contributed by atoms with E-state index in [1.165, 1.54) is 5.56 Å². The van der Waals surface area contributed by atoms with Crippen molar-refractivity contribution in [2.24, 2.45) is 7.05 Å². The van der Waals surface area contributed by atoms with Gasteiger partial charge in [0.25, 0.3) is 0 Å². The van der Waals surface area contributed by atoms with Crippen LogP contribution in [0.1, 0.15) is 49.6 Å². The Kier molecular flexibility index (Phi) is 4.37. The van der Waals surface area contributed by atoms with Crippen molar-refractivity contribution in [1.29, 1.82) is 0 Å². The van der Waals surface area contributed by atoms with Gasteiger partial charge in [-0.2, -0.15) is 5.10 Å². The van der Waals surface area contributed by atoms with Gasteiger partial charge in [-0.25, -0.2) is 4.98 Å². The van der Waals surface area contributed by atoms with E-state index in [9.17, 15) is 0 Å². The Morgan fingerprint density at radius 2 is 2.16 bits per heavy atom. The Balaban J connectivity index is 1.92. The first-order valence-electron chi connectivity index (χ1n) is 6.76. The maximum absolute atomic E-state index is 5.56. The number of hydrogen-bond acceptors (Lipinski definition) is 4.